The molecule has 0 aliphatic carbocycles. The highest BCUT2D eigenvalue weighted by Gasteiger charge is 2.16. The van der Waals surface area contributed by atoms with Crippen LogP contribution in [0, 0.1) is 0 Å². The largest absolute Gasteiger partial charge is 0.497 e. The molecule has 0 atom stereocenters. The van der Waals surface area contributed by atoms with Crippen molar-refractivity contribution in [3.63, 3.8) is 0 Å². The van der Waals surface area contributed by atoms with E-state index < -0.39 is 0 Å². The molecular formula is C24H28N4O2S. The smallest absolute Gasteiger partial charge is 0.234 e. The molecule has 2 aromatic carbocycles. The molecule has 1 N–H and O–H groups in total. The van der Waals surface area contributed by atoms with Crippen molar-refractivity contribution >= 4 is 23.4 Å². The molecule has 3 rings (SSSR count). The number of hydrogen-bond donors (Lipinski definition) is 1. The Balaban J connectivity index is 1.77. The molecule has 7 heteroatoms. The van der Waals surface area contributed by atoms with Crippen molar-refractivity contribution in [3.8, 4) is 17.1 Å². The Labute approximate surface area is 187 Å². The van der Waals surface area contributed by atoms with E-state index in [1.807, 2.05) is 34.9 Å². The van der Waals surface area contributed by atoms with Gasteiger partial charge in [-0.05, 0) is 36.1 Å². The number of allylic oxidation sites excluding steroid dienone is 1. The van der Waals surface area contributed by atoms with Crippen LogP contribution < -0.4 is 10.1 Å². The highest BCUT2D eigenvalue weighted by atomic mass is 32.2. The summed E-state index contributed by atoms with van der Waals surface area (Å²) in [6, 6.07) is 13.8. The second kappa shape index (κ2) is 10.8. The fourth-order valence-corrected chi connectivity index (χ4v) is 4.12. The Hall–Kier alpha value is -3.06. The molecule has 0 spiro atoms. The average molecular weight is 437 g/mol. The van der Waals surface area contributed by atoms with Gasteiger partial charge in [0.1, 0.15) is 5.75 Å². The van der Waals surface area contributed by atoms with Gasteiger partial charge in [-0.3, -0.25) is 9.36 Å². The first-order chi connectivity index (χ1) is 15.1. The van der Waals surface area contributed by atoms with Gasteiger partial charge >= 0.3 is 0 Å². The molecule has 0 radical (unpaired) electrons. The number of aryl methyl sites for hydroxylation is 2. The van der Waals surface area contributed by atoms with Crippen LogP contribution in [-0.2, 0) is 24.2 Å². The maximum atomic E-state index is 12.7. The van der Waals surface area contributed by atoms with Gasteiger partial charge in [0.2, 0.25) is 5.91 Å². The molecule has 0 bridgehead atoms. The first-order valence-electron chi connectivity index (χ1n) is 10.3. The third-order valence-electron chi connectivity index (χ3n) is 4.95. The standard InChI is InChI=1S/C24H28N4O2S/c1-5-14-28-23(19-12-9-13-20(15-19)30-4)26-27-24(28)31-16-21(29)25-22-17(6-2)10-8-11-18(22)7-3/h5,8-13,15H,1,6-7,14,16H2,2-4H3,(H,25,29). The first-order valence-corrected chi connectivity index (χ1v) is 11.3. The van der Waals surface area contributed by atoms with Crippen LogP contribution in [0.15, 0.2) is 60.3 Å². The summed E-state index contributed by atoms with van der Waals surface area (Å²) >= 11 is 1.36. The SMILES string of the molecule is C=CCn1c(SCC(=O)Nc2c(CC)cccc2CC)nnc1-c1cccc(OC)c1. The van der Waals surface area contributed by atoms with Crippen molar-refractivity contribution in [2.75, 3.05) is 18.2 Å². The molecular weight excluding hydrogens is 408 g/mol. The minimum absolute atomic E-state index is 0.0586. The molecule has 0 aliphatic heterocycles. The van der Waals surface area contributed by atoms with Gasteiger partial charge in [0.05, 0.1) is 12.9 Å². The Bertz CT molecular complexity index is 1040. The topological polar surface area (TPSA) is 69.0 Å². The van der Waals surface area contributed by atoms with Gasteiger partial charge in [-0.1, -0.05) is 62.0 Å². The number of hydrogen-bond acceptors (Lipinski definition) is 5. The van der Waals surface area contributed by atoms with Crippen molar-refractivity contribution in [3.05, 3.63) is 66.2 Å². The lowest BCUT2D eigenvalue weighted by atomic mass is 10.0. The highest BCUT2D eigenvalue weighted by molar-refractivity contribution is 7.99. The van der Waals surface area contributed by atoms with Gasteiger partial charge in [0.15, 0.2) is 11.0 Å². The van der Waals surface area contributed by atoms with Crippen molar-refractivity contribution in [1.29, 1.82) is 0 Å². The zero-order chi connectivity index (χ0) is 22.2. The van der Waals surface area contributed by atoms with Crippen LogP contribution in [0.1, 0.15) is 25.0 Å². The number of aromatic nitrogens is 3. The fourth-order valence-electron chi connectivity index (χ4n) is 3.37. The Morgan fingerprint density at radius 2 is 1.87 bits per heavy atom. The molecule has 0 unspecified atom stereocenters. The molecule has 1 amide bonds. The van der Waals surface area contributed by atoms with E-state index in [0.717, 1.165) is 41.0 Å². The lowest BCUT2D eigenvalue weighted by molar-refractivity contribution is -0.113. The van der Waals surface area contributed by atoms with Gasteiger partial charge in [-0.2, -0.15) is 0 Å². The quantitative estimate of drug-likeness (QED) is 0.358. The van der Waals surface area contributed by atoms with Gasteiger partial charge in [-0.25, -0.2) is 0 Å². The first kappa shape index (κ1) is 22.6. The summed E-state index contributed by atoms with van der Waals surface area (Å²) in [5.74, 6) is 1.65. The molecule has 6 nitrogen and oxygen atoms in total. The van der Waals surface area contributed by atoms with Crippen LogP contribution >= 0.6 is 11.8 Å². The number of anilines is 1. The predicted molar refractivity (Wildman–Crippen MR) is 127 cm³/mol. The number of nitrogens with zero attached hydrogens (tertiary/aromatic N) is 3. The van der Waals surface area contributed by atoms with E-state index in [9.17, 15) is 4.79 Å². The predicted octanol–water partition coefficient (Wildman–Crippen LogP) is 5.00. The second-order valence-electron chi connectivity index (χ2n) is 6.93. The Morgan fingerprint density at radius 3 is 2.52 bits per heavy atom. The number of thioether (sulfide) groups is 1. The fraction of sp³-hybridized carbons (Fsp3) is 0.292. The van der Waals surface area contributed by atoms with Gasteiger partial charge in [0.25, 0.3) is 0 Å². The summed E-state index contributed by atoms with van der Waals surface area (Å²) in [5.41, 5.74) is 4.12. The van der Waals surface area contributed by atoms with E-state index in [2.05, 4.69) is 48.1 Å². The number of carbonyl (C=O) groups is 1. The second-order valence-corrected chi connectivity index (χ2v) is 7.88. The van der Waals surface area contributed by atoms with Gasteiger partial charge in [-0.15, -0.1) is 16.8 Å². The summed E-state index contributed by atoms with van der Waals surface area (Å²) in [7, 11) is 1.63. The number of amides is 1. The Kier molecular flexibility index (Phi) is 7.89. The molecule has 0 saturated heterocycles. The molecule has 31 heavy (non-hydrogen) atoms. The van der Waals surface area contributed by atoms with Crippen molar-refractivity contribution in [1.82, 2.24) is 14.8 Å². The van der Waals surface area contributed by atoms with E-state index >= 15 is 0 Å². The maximum Gasteiger partial charge on any atom is 0.234 e. The van der Waals surface area contributed by atoms with Crippen LogP contribution in [0.2, 0.25) is 0 Å². The van der Waals surface area contributed by atoms with E-state index in [0.29, 0.717) is 17.5 Å². The van der Waals surface area contributed by atoms with Crippen LogP contribution in [-0.4, -0.2) is 33.5 Å². The zero-order valence-electron chi connectivity index (χ0n) is 18.2. The third kappa shape index (κ3) is 5.35. The molecule has 162 valence electrons. The highest BCUT2D eigenvalue weighted by Crippen LogP contribution is 2.27. The average Bonchev–Trinajstić information content (AvgIpc) is 3.20. The molecule has 0 aliphatic rings. The molecule has 0 saturated carbocycles. The number of methoxy groups -OCH3 is 1. The molecule has 0 fully saturated rings. The van der Waals surface area contributed by atoms with Gasteiger partial charge < -0.3 is 10.1 Å². The monoisotopic (exact) mass is 436 g/mol. The molecule has 3 aromatic rings. The number of benzene rings is 2. The molecule has 1 aromatic heterocycles. The summed E-state index contributed by atoms with van der Waals surface area (Å²) < 4.78 is 7.28. The summed E-state index contributed by atoms with van der Waals surface area (Å²) in [6.07, 6.45) is 3.53. The van der Waals surface area contributed by atoms with E-state index in [1.165, 1.54) is 11.8 Å². The van der Waals surface area contributed by atoms with Crippen molar-refractivity contribution in [2.45, 2.75) is 38.4 Å². The minimum Gasteiger partial charge on any atom is -0.497 e. The van der Waals surface area contributed by atoms with Crippen molar-refractivity contribution < 1.29 is 9.53 Å². The van der Waals surface area contributed by atoms with Gasteiger partial charge in [0, 0.05) is 17.8 Å². The third-order valence-corrected chi connectivity index (χ3v) is 5.92. The maximum absolute atomic E-state index is 12.7. The lowest BCUT2D eigenvalue weighted by Gasteiger charge is -2.14. The summed E-state index contributed by atoms with van der Waals surface area (Å²) in [5, 5.41) is 12.5. The van der Waals surface area contributed by atoms with Crippen LogP contribution in [0.4, 0.5) is 5.69 Å². The van der Waals surface area contributed by atoms with Crippen molar-refractivity contribution in [2.24, 2.45) is 0 Å². The zero-order valence-corrected chi connectivity index (χ0v) is 19.0. The normalized spacial score (nSPS) is 10.7. The number of nitrogens with one attached hydrogen (secondary N) is 1. The van der Waals surface area contributed by atoms with E-state index in [1.54, 1.807) is 13.2 Å². The number of para-hydroxylation sites is 1. The number of rotatable bonds is 10. The number of carbonyl (C=O) groups excluding carboxylic acids is 1. The van der Waals surface area contributed by atoms with Crippen LogP contribution in [0.3, 0.4) is 0 Å². The Morgan fingerprint density at radius 1 is 1.16 bits per heavy atom. The summed E-state index contributed by atoms with van der Waals surface area (Å²) in [6.45, 7) is 8.58. The minimum atomic E-state index is -0.0586. The lowest BCUT2D eigenvalue weighted by Crippen LogP contribution is -2.17. The van der Waals surface area contributed by atoms with Crippen LogP contribution in [0.5, 0.6) is 5.75 Å². The van der Waals surface area contributed by atoms with E-state index in [4.69, 9.17) is 4.74 Å². The molecule has 1 heterocycles. The number of ether oxygens (including phenoxy) is 1. The van der Waals surface area contributed by atoms with E-state index in [-0.39, 0.29) is 11.7 Å². The van der Waals surface area contributed by atoms with Crippen LogP contribution in [0.25, 0.3) is 11.4 Å². The summed E-state index contributed by atoms with van der Waals surface area (Å²) in [4.78, 5) is 12.7.